The van der Waals surface area contributed by atoms with Crippen LogP contribution < -0.4 is 5.32 Å². The lowest BCUT2D eigenvalue weighted by Crippen LogP contribution is -2.00. The molecule has 0 spiro atoms. The number of halogens is 2. The summed E-state index contributed by atoms with van der Waals surface area (Å²) >= 11 is 9.36. The van der Waals surface area contributed by atoms with Crippen LogP contribution in [-0.2, 0) is 6.54 Å². The van der Waals surface area contributed by atoms with E-state index in [4.69, 9.17) is 11.6 Å². The first-order chi connectivity index (χ1) is 7.75. The van der Waals surface area contributed by atoms with Gasteiger partial charge in [0.2, 0.25) is 0 Å². The number of hydrogen-bond acceptors (Lipinski definition) is 3. The van der Waals surface area contributed by atoms with E-state index in [0.29, 0.717) is 11.6 Å². The zero-order chi connectivity index (χ0) is 11.4. The summed E-state index contributed by atoms with van der Waals surface area (Å²) < 4.78 is 0.980. The van der Waals surface area contributed by atoms with Crippen molar-refractivity contribution in [3.63, 3.8) is 0 Å². The summed E-state index contributed by atoms with van der Waals surface area (Å²) in [6, 6.07) is 5.62. The molecule has 0 atom stereocenters. The molecule has 5 heteroatoms. The maximum atomic E-state index is 5.91. The van der Waals surface area contributed by atoms with Crippen molar-refractivity contribution in [1.82, 2.24) is 9.97 Å². The molecule has 1 aromatic heterocycles. The Morgan fingerprint density at radius 1 is 1.25 bits per heavy atom. The van der Waals surface area contributed by atoms with Crippen molar-refractivity contribution < 1.29 is 0 Å². The highest BCUT2D eigenvalue weighted by atomic mass is 79.9. The second-order valence-corrected chi connectivity index (χ2v) is 4.52. The predicted octanol–water partition coefficient (Wildman–Crippen LogP) is 3.50. The number of nitrogens with one attached hydrogen (secondary N) is 1. The van der Waals surface area contributed by atoms with E-state index in [1.165, 1.54) is 6.33 Å². The minimum atomic E-state index is 0.666. The van der Waals surface area contributed by atoms with Crippen LogP contribution in [0.4, 0.5) is 5.69 Å². The number of anilines is 1. The molecule has 0 aliphatic heterocycles. The fourth-order valence-corrected chi connectivity index (χ4v) is 1.81. The van der Waals surface area contributed by atoms with Gasteiger partial charge in [0.1, 0.15) is 6.33 Å². The molecule has 0 aliphatic rings. The van der Waals surface area contributed by atoms with Crippen molar-refractivity contribution in [3.05, 3.63) is 52.0 Å². The fourth-order valence-electron chi connectivity index (χ4n) is 1.25. The van der Waals surface area contributed by atoms with Crippen molar-refractivity contribution in [3.8, 4) is 0 Å². The van der Waals surface area contributed by atoms with Crippen molar-refractivity contribution in [2.24, 2.45) is 0 Å². The summed E-state index contributed by atoms with van der Waals surface area (Å²) in [7, 11) is 0. The summed E-state index contributed by atoms with van der Waals surface area (Å²) in [5.41, 5.74) is 1.98. The van der Waals surface area contributed by atoms with E-state index in [-0.39, 0.29) is 0 Å². The first-order valence-electron chi connectivity index (χ1n) is 4.68. The molecule has 0 saturated carbocycles. The monoisotopic (exact) mass is 297 g/mol. The molecule has 0 aliphatic carbocycles. The Balaban J connectivity index is 2.08. The van der Waals surface area contributed by atoms with Gasteiger partial charge in [0.15, 0.2) is 0 Å². The van der Waals surface area contributed by atoms with Gasteiger partial charge in [0.05, 0.1) is 5.69 Å². The van der Waals surface area contributed by atoms with Gasteiger partial charge >= 0.3 is 0 Å². The topological polar surface area (TPSA) is 37.8 Å². The molecule has 3 nitrogen and oxygen atoms in total. The van der Waals surface area contributed by atoms with Crippen LogP contribution in [0.3, 0.4) is 0 Å². The Labute approximate surface area is 107 Å². The molecule has 1 heterocycles. The lowest BCUT2D eigenvalue weighted by Gasteiger charge is -2.08. The highest BCUT2D eigenvalue weighted by Crippen LogP contribution is 2.26. The summed E-state index contributed by atoms with van der Waals surface area (Å²) in [5, 5.41) is 3.96. The third kappa shape index (κ3) is 2.93. The van der Waals surface area contributed by atoms with Crippen LogP contribution in [-0.4, -0.2) is 9.97 Å². The van der Waals surface area contributed by atoms with Gasteiger partial charge in [-0.25, -0.2) is 9.97 Å². The van der Waals surface area contributed by atoms with Gasteiger partial charge in [-0.1, -0.05) is 11.6 Å². The van der Waals surface area contributed by atoms with Gasteiger partial charge < -0.3 is 5.32 Å². The van der Waals surface area contributed by atoms with Crippen molar-refractivity contribution in [1.29, 1.82) is 0 Å². The summed E-state index contributed by atoms with van der Waals surface area (Å²) in [4.78, 5) is 7.90. The largest absolute Gasteiger partial charge is 0.380 e. The average Bonchev–Trinajstić information content (AvgIpc) is 2.32. The zero-order valence-electron chi connectivity index (χ0n) is 8.32. The van der Waals surface area contributed by atoms with Crippen molar-refractivity contribution >= 4 is 33.2 Å². The number of rotatable bonds is 3. The number of benzene rings is 1. The molecule has 1 N–H and O–H groups in total. The Hall–Kier alpha value is -1.13. The second-order valence-electron chi connectivity index (χ2n) is 3.22. The highest BCUT2D eigenvalue weighted by molar-refractivity contribution is 9.10. The fraction of sp³-hybridized carbons (Fsp3) is 0.0909. The van der Waals surface area contributed by atoms with E-state index in [1.54, 1.807) is 12.4 Å². The van der Waals surface area contributed by atoms with Gasteiger partial charge in [-0.2, -0.15) is 0 Å². The molecule has 2 rings (SSSR count). The van der Waals surface area contributed by atoms with E-state index >= 15 is 0 Å². The molecule has 0 amide bonds. The highest BCUT2D eigenvalue weighted by Gasteiger charge is 2.00. The summed E-state index contributed by atoms with van der Waals surface area (Å²) in [5.74, 6) is 0. The van der Waals surface area contributed by atoms with Crippen LogP contribution in [0.2, 0.25) is 5.02 Å². The molecule has 16 heavy (non-hydrogen) atoms. The van der Waals surface area contributed by atoms with Crippen LogP contribution in [0, 0.1) is 0 Å². The maximum Gasteiger partial charge on any atom is 0.115 e. The lowest BCUT2D eigenvalue weighted by atomic mass is 10.3. The van der Waals surface area contributed by atoms with Gasteiger partial charge in [0.25, 0.3) is 0 Å². The maximum absolute atomic E-state index is 5.91. The molecule has 0 radical (unpaired) electrons. The van der Waals surface area contributed by atoms with Gasteiger partial charge in [-0.3, -0.25) is 0 Å². The molecule has 1 aromatic carbocycles. The van der Waals surface area contributed by atoms with E-state index in [0.717, 1.165) is 15.7 Å². The quantitative estimate of drug-likeness (QED) is 0.942. The minimum absolute atomic E-state index is 0.666. The standard InChI is InChI=1S/C11H9BrClN3/c12-10-2-1-9(13)3-11(10)16-6-8-4-14-7-15-5-8/h1-5,7,16H,6H2. The Kier molecular flexibility index (Phi) is 3.74. The third-order valence-corrected chi connectivity index (χ3v) is 2.95. The van der Waals surface area contributed by atoms with Crippen LogP contribution >= 0.6 is 27.5 Å². The van der Waals surface area contributed by atoms with E-state index in [2.05, 4.69) is 31.2 Å². The van der Waals surface area contributed by atoms with Crippen molar-refractivity contribution in [2.45, 2.75) is 6.54 Å². The molecular formula is C11H9BrClN3. The number of nitrogens with zero attached hydrogens (tertiary/aromatic N) is 2. The molecule has 82 valence electrons. The van der Waals surface area contributed by atoms with Crippen molar-refractivity contribution in [2.75, 3.05) is 5.32 Å². The van der Waals surface area contributed by atoms with Crippen LogP contribution in [0.25, 0.3) is 0 Å². The predicted molar refractivity (Wildman–Crippen MR) is 68.5 cm³/mol. The smallest absolute Gasteiger partial charge is 0.115 e. The van der Waals surface area contributed by atoms with E-state index < -0.39 is 0 Å². The molecule has 2 aromatic rings. The normalized spacial score (nSPS) is 10.1. The average molecular weight is 299 g/mol. The van der Waals surface area contributed by atoms with Crippen LogP contribution in [0.1, 0.15) is 5.56 Å². The van der Waals surface area contributed by atoms with Crippen LogP contribution in [0.5, 0.6) is 0 Å². The SMILES string of the molecule is Clc1ccc(Br)c(NCc2cncnc2)c1. The van der Waals surface area contributed by atoms with E-state index in [1.807, 2.05) is 18.2 Å². The third-order valence-electron chi connectivity index (χ3n) is 2.03. The Bertz CT molecular complexity index is 476. The zero-order valence-corrected chi connectivity index (χ0v) is 10.7. The first-order valence-corrected chi connectivity index (χ1v) is 5.85. The Morgan fingerprint density at radius 3 is 2.75 bits per heavy atom. The molecule has 0 unspecified atom stereocenters. The second kappa shape index (κ2) is 5.27. The molecule has 0 bridgehead atoms. The summed E-state index contributed by atoms with van der Waals surface area (Å²) in [6.45, 7) is 0.666. The minimum Gasteiger partial charge on any atom is -0.380 e. The first kappa shape index (κ1) is 11.4. The molecule has 0 saturated heterocycles. The van der Waals surface area contributed by atoms with E-state index in [9.17, 15) is 0 Å². The number of hydrogen-bond donors (Lipinski definition) is 1. The van der Waals surface area contributed by atoms with Gasteiger partial charge in [0, 0.05) is 34.0 Å². The van der Waals surface area contributed by atoms with Gasteiger partial charge in [-0.15, -0.1) is 0 Å². The van der Waals surface area contributed by atoms with Crippen LogP contribution in [0.15, 0.2) is 41.4 Å². The van der Waals surface area contributed by atoms with Gasteiger partial charge in [-0.05, 0) is 34.1 Å². The Morgan fingerprint density at radius 2 is 2.00 bits per heavy atom. The lowest BCUT2D eigenvalue weighted by molar-refractivity contribution is 1.05. The number of aromatic nitrogens is 2. The molecule has 0 fully saturated rings. The molecular weight excluding hydrogens is 289 g/mol. The summed E-state index contributed by atoms with van der Waals surface area (Å²) in [6.07, 6.45) is 5.07.